The summed E-state index contributed by atoms with van der Waals surface area (Å²) in [7, 11) is 0. The van der Waals surface area contributed by atoms with Gasteiger partial charge in [-0.3, -0.25) is 14.9 Å². The molecule has 0 bridgehead atoms. The smallest absolute Gasteiger partial charge is 0.291 e. The molecule has 0 unspecified atom stereocenters. The van der Waals surface area contributed by atoms with Crippen LogP contribution in [0.3, 0.4) is 0 Å². The number of carboxylic acids is 1. The Labute approximate surface area is 137 Å². The molecule has 118 valence electrons. The molecule has 1 aromatic carbocycles. The van der Waals surface area contributed by atoms with Crippen LogP contribution < -0.4 is 10.4 Å². The van der Waals surface area contributed by atoms with Crippen LogP contribution >= 0.6 is 15.9 Å². The maximum absolute atomic E-state index is 11.9. The van der Waals surface area contributed by atoms with E-state index in [1.807, 2.05) is 0 Å². The summed E-state index contributed by atoms with van der Waals surface area (Å²) >= 11 is 3.02. The summed E-state index contributed by atoms with van der Waals surface area (Å²) in [6, 6.07) is 8.08. The first kappa shape index (κ1) is 16.4. The highest BCUT2D eigenvalue weighted by atomic mass is 79.9. The van der Waals surface area contributed by atoms with Crippen molar-refractivity contribution in [3.8, 4) is 0 Å². The zero-order chi connectivity index (χ0) is 17.0. The number of furan rings is 1. The third-order valence-electron chi connectivity index (χ3n) is 2.66. The Morgan fingerprint density at radius 3 is 2.57 bits per heavy atom. The number of nitro benzene ring substituents is 1. The fourth-order valence-electron chi connectivity index (χ4n) is 1.66. The fourth-order valence-corrected chi connectivity index (χ4v) is 1.97. The van der Waals surface area contributed by atoms with Gasteiger partial charge in [0.1, 0.15) is 0 Å². The Kier molecular flexibility index (Phi) is 4.91. The number of hydrogen-bond acceptors (Lipinski definition) is 6. The van der Waals surface area contributed by atoms with Gasteiger partial charge in [-0.2, -0.15) is 0 Å². The zero-order valence-electron chi connectivity index (χ0n) is 11.3. The Hall–Kier alpha value is -2.94. The van der Waals surface area contributed by atoms with Crippen molar-refractivity contribution in [1.29, 1.82) is 0 Å². The molecule has 1 N–H and O–H groups in total. The molecule has 0 aliphatic rings. The minimum absolute atomic E-state index is 0.108. The average molecular weight is 380 g/mol. The van der Waals surface area contributed by atoms with E-state index in [1.54, 1.807) is 0 Å². The number of nitrogens with zero attached hydrogens (tertiary/aromatic N) is 1. The minimum Gasteiger partial charge on any atom is -0.543 e. The zero-order valence-corrected chi connectivity index (χ0v) is 12.9. The molecular weight excluding hydrogens is 372 g/mol. The van der Waals surface area contributed by atoms with Crippen molar-refractivity contribution < 1.29 is 24.0 Å². The highest BCUT2D eigenvalue weighted by Gasteiger charge is 2.13. The van der Waals surface area contributed by atoms with Crippen molar-refractivity contribution >= 4 is 39.6 Å². The monoisotopic (exact) mass is 379 g/mol. The topological polar surface area (TPSA) is 126 Å². The van der Waals surface area contributed by atoms with E-state index in [4.69, 9.17) is 4.42 Å². The van der Waals surface area contributed by atoms with Crippen LogP contribution in [-0.2, 0) is 4.79 Å². The summed E-state index contributed by atoms with van der Waals surface area (Å²) in [5.74, 6) is -2.55. The average Bonchev–Trinajstić information content (AvgIpc) is 2.93. The van der Waals surface area contributed by atoms with Crippen molar-refractivity contribution in [2.45, 2.75) is 0 Å². The standard InChI is InChI=1S/C14H9BrN2O6/c15-12-5-4-11(23-12)13(18)16-10(14(19)20)7-8-2-1-3-9(6-8)17(21)22/h1-7H,(H,16,18)(H,19,20)/p-1/b10-7-. The van der Waals surface area contributed by atoms with Crippen molar-refractivity contribution in [3.05, 3.63) is 68.2 Å². The van der Waals surface area contributed by atoms with Gasteiger partial charge in [-0.15, -0.1) is 0 Å². The van der Waals surface area contributed by atoms with E-state index < -0.39 is 22.5 Å². The van der Waals surface area contributed by atoms with Crippen LogP contribution in [0.2, 0.25) is 0 Å². The molecule has 0 fully saturated rings. The molecular formula is C14H8BrN2O6-. The predicted octanol–water partition coefficient (Wildman–Crippen LogP) is 1.47. The molecule has 1 amide bonds. The molecule has 0 radical (unpaired) electrons. The summed E-state index contributed by atoms with van der Waals surface area (Å²) in [6.07, 6.45) is 1.05. The SMILES string of the molecule is O=C([O-])/C(=C/c1cccc([N+](=O)[O-])c1)NC(=O)c1ccc(Br)o1. The number of carboxylic acid groups (broad SMARTS) is 1. The molecule has 0 aliphatic carbocycles. The van der Waals surface area contributed by atoms with Gasteiger partial charge in [-0.1, -0.05) is 12.1 Å². The van der Waals surface area contributed by atoms with E-state index in [0.717, 1.165) is 6.08 Å². The number of hydrogen-bond donors (Lipinski definition) is 1. The van der Waals surface area contributed by atoms with E-state index in [2.05, 4.69) is 21.2 Å². The van der Waals surface area contributed by atoms with Gasteiger partial charge in [-0.05, 0) is 39.7 Å². The summed E-state index contributed by atoms with van der Waals surface area (Å²) in [6.45, 7) is 0. The van der Waals surface area contributed by atoms with E-state index in [-0.39, 0.29) is 17.0 Å². The number of aliphatic carboxylic acids is 1. The summed E-state index contributed by atoms with van der Waals surface area (Å²) in [4.78, 5) is 33.1. The molecule has 0 spiro atoms. The lowest BCUT2D eigenvalue weighted by molar-refractivity contribution is -0.384. The number of carbonyl (C=O) groups is 2. The van der Waals surface area contributed by atoms with E-state index >= 15 is 0 Å². The summed E-state index contributed by atoms with van der Waals surface area (Å²) in [5.41, 5.74) is -0.542. The molecule has 2 rings (SSSR count). The molecule has 23 heavy (non-hydrogen) atoms. The van der Waals surface area contributed by atoms with Crippen LogP contribution in [0.5, 0.6) is 0 Å². The number of halogens is 1. The van der Waals surface area contributed by atoms with Gasteiger partial charge in [0.25, 0.3) is 11.6 Å². The molecule has 0 saturated carbocycles. The first-order valence-electron chi connectivity index (χ1n) is 6.11. The number of benzene rings is 1. The van der Waals surface area contributed by atoms with E-state index in [0.29, 0.717) is 4.67 Å². The van der Waals surface area contributed by atoms with E-state index in [9.17, 15) is 24.8 Å². The van der Waals surface area contributed by atoms with Crippen LogP contribution in [0.25, 0.3) is 6.08 Å². The largest absolute Gasteiger partial charge is 0.543 e. The molecule has 1 heterocycles. The van der Waals surface area contributed by atoms with Gasteiger partial charge in [0, 0.05) is 12.1 Å². The quantitative estimate of drug-likeness (QED) is 0.476. The molecule has 1 aromatic heterocycles. The van der Waals surface area contributed by atoms with Gasteiger partial charge < -0.3 is 19.6 Å². The molecule has 8 nitrogen and oxygen atoms in total. The molecule has 0 aliphatic heterocycles. The van der Waals surface area contributed by atoms with Crippen molar-refractivity contribution in [1.82, 2.24) is 5.32 Å². The second-order valence-corrected chi connectivity index (χ2v) is 5.04. The van der Waals surface area contributed by atoms with Crippen LogP contribution in [0, 0.1) is 10.1 Å². The summed E-state index contributed by atoms with van der Waals surface area (Å²) in [5, 5.41) is 24.0. The second-order valence-electron chi connectivity index (χ2n) is 4.26. The van der Waals surface area contributed by atoms with Gasteiger partial charge in [0.2, 0.25) is 0 Å². The minimum atomic E-state index is -1.64. The lowest BCUT2D eigenvalue weighted by atomic mass is 10.1. The first-order chi connectivity index (χ1) is 10.9. The Morgan fingerprint density at radius 2 is 2.00 bits per heavy atom. The van der Waals surface area contributed by atoms with Crippen molar-refractivity contribution in [2.75, 3.05) is 0 Å². The number of amides is 1. The van der Waals surface area contributed by atoms with Gasteiger partial charge in [0.05, 0.1) is 16.6 Å². The van der Waals surface area contributed by atoms with Crippen LogP contribution in [0.1, 0.15) is 16.1 Å². The lowest BCUT2D eigenvalue weighted by Gasteiger charge is -2.09. The highest BCUT2D eigenvalue weighted by Crippen LogP contribution is 2.16. The molecule has 9 heteroatoms. The van der Waals surface area contributed by atoms with Gasteiger partial charge >= 0.3 is 0 Å². The van der Waals surface area contributed by atoms with Crippen LogP contribution in [0.4, 0.5) is 5.69 Å². The predicted molar refractivity (Wildman–Crippen MR) is 80.0 cm³/mol. The van der Waals surface area contributed by atoms with Gasteiger partial charge in [0.15, 0.2) is 10.4 Å². The third-order valence-corrected chi connectivity index (χ3v) is 3.08. The second kappa shape index (κ2) is 6.88. The molecule has 0 atom stereocenters. The van der Waals surface area contributed by atoms with Crippen molar-refractivity contribution in [2.24, 2.45) is 0 Å². The maximum Gasteiger partial charge on any atom is 0.291 e. The number of nitrogens with one attached hydrogen (secondary N) is 1. The normalized spacial score (nSPS) is 11.1. The Bertz CT molecular complexity index is 811. The van der Waals surface area contributed by atoms with Crippen LogP contribution in [0.15, 0.2) is 51.2 Å². The Balaban J connectivity index is 2.27. The number of non-ortho nitro benzene ring substituents is 1. The van der Waals surface area contributed by atoms with Crippen molar-refractivity contribution in [3.63, 3.8) is 0 Å². The first-order valence-corrected chi connectivity index (χ1v) is 6.90. The van der Waals surface area contributed by atoms with E-state index in [1.165, 1.54) is 36.4 Å². The maximum atomic E-state index is 11.9. The lowest BCUT2D eigenvalue weighted by Crippen LogP contribution is -2.35. The summed E-state index contributed by atoms with van der Waals surface area (Å²) < 4.78 is 5.31. The molecule has 2 aromatic rings. The third kappa shape index (κ3) is 4.27. The van der Waals surface area contributed by atoms with Crippen LogP contribution in [-0.4, -0.2) is 16.8 Å². The number of nitro groups is 1. The fraction of sp³-hybridized carbons (Fsp3) is 0. The number of rotatable bonds is 5. The molecule has 0 saturated heterocycles. The number of carbonyl (C=O) groups excluding carboxylic acids is 2. The highest BCUT2D eigenvalue weighted by molar-refractivity contribution is 9.10. The van der Waals surface area contributed by atoms with Gasteiger partial charge in [-0.25, -0.2) is 0 Å². The Morgan fingerprint density at radius 1 is 1.26 bits per heavy atom.